The molecule has 0 atom stereocenters. The number of hydrogen-bond donors (Lipinski definition) is 0. The molecule has 6 heteroatoms. The first kappa shape index (κ1) is 25.0. The molecule has 6 nitrogen and oxygen atoms in total. The summed E-state index contributed by atoms with van der Waals surface area (Å²) in [6.07, 6.45) is 0. The van der Waals surface area contributed by atoms with Gasteiger partial charge in [-0.2, -0.15) is 0 Å². The van der Waals surface area contributed by atoms with Gasteiger partial charge in [0.05, 0.1) is 25.6 Å². The molecule has 0 saturated carbocycles. The summed E-state index contributed by atoms with van der Waals surface area (Å²) >= 11 is 0. The molecule has 0 saturated heterocycles. The lowest BCUT2D eigenvalue weighted by Crippen LogP contribution is -2.29. The lowest BCUT2D eigenvalue weighted by molar-refractivity contribution is 0.355. The number of anilines is 1. The van der Waals surface area contributed by atoms with Crippen molar-refractivity contribution in [2.75, 3.05) is 26.2 Å². The Bertz CT molecular complexity index is 1420. The second-order valence-corrected chi connectivity index (χ2v) is 9.13. The van der Waals surface area contributed by atoms with Crippen LogP contribution in [0.1, 0.15) is 22.3 Å². The van der Waals surface area contributed by atoms with Crippen LogP contribution >= 0.6 is 0 Å². The molecule has 186 valence electrons. The molecular formula is C30H34N4O2. The first-order chi connectivity index (χ1) is 17.3. The number of ether oxygens (including phenoxy) is 2. The highest BCUT2D eigenvalue weighted by Gasteiger charge is 2.14. The van der Waals surface area contributed by atoms with Gasteiger partial charge in [0, 0.05) is 32.3 Å². The van der Waals surface area contributed by atoms with E-state index < -0.39 is 0 Å². The first-order valence-electron chi connectivity index (χ1n) is 12.0. The third-order valence-corrected chi connectivity index (χ3v) is 6.27. The Labute approximate surface area is 213 Å². The predicted octanol–water partition coefficient (Wildman–Crippen LogP) is 5.90. The Morgan fingerprint density at radius 1 is 0.861 bits per heavy atom. The fourth-order valence-corrected chi connectivity index (χ4v) is 4.52. The zero-order valence-electron chi connectivity index (χ0n) is 22.2. The molecule has 0 unspecified atom stereocenters. The van der Waals surface area contributed by atoms with Crippen molar-refractivity contribution in [3.63, 3.8) is 0 Å². The van der Waals surface area contributed by atoms with Gasteiger partial charge in [-0.05, 0) is 55.7 Å². The van der Waals surface area contributed by atoms with Crippen LogP contribution in [-0.2, 0) is 13.6 Å². The van der Waals surface area contributed by atoms with Gasteiger partial charge in [-0.25, -0.2) is 9.98 Å². The molecule has 1 heterocycles. The van der Waals surface area contributed by atoms with Crippen molar-refractivity contribution in [3.05, 3.63) is 94.5 Å². The van der Waals surface area contributed by atoms with E-state index in [1.54, 1.807) is 14.2 Å². The summed E-state index contributed by atoms with van der Waals surface area (Å²) in [4.78, 5) is 12.3. The first-order valence-corrected chi connectivity index (χ1v) is 12.0. The minimum Gasteiger partial charge on any atom is -0.493 e. The van der Waals surface area contributed by atoms with Crippen LogP contribution in [0.15, 0.2) is 71.7 Å². The van der Waals surface area contributed by atoms with Crippen molar-refractivity contribution in [2.24, 2.45) is 12.0 Å². The van der Waals surface area contributed by atoms with Gasteiger partial charge in [-0.15, -0.1) is 0 Å². The van der Waals surface area contributed by atoms with Gasteiger partial charge in [0.2, 0.25) is 5.95 Å². The largest absolute Gasteiger partial charge is 0.493 e. The van der Waals surface area contributed by atoms with E-state index in [1.807, 2.05) is 41.9 Å². The number of nitrogens with zero attached hydrogens (tertiary/aromatic N) is 4. The summed E-state index contributed by atoms with van der Waals surface area (Å²) in [7, 11) is 7.35. The van der Waals surface area contributed by atoms with Gasteiger partial charge in [0.15, 0.2) is 11.5 Å². The lowest BCUT2D eigenvalue weighted by atomic mass is 10.1. The maximum absolute atomic E-state index is 5.56. The smallest absolute Gasteiger partial charge is 0.207 e. The molecule has 3 aromatic carbocycles. The normalized spacial score (nSPS) is 11.5. The van der Waals surface area contributed by atoms with E-state index in [2.05, 4.69) is 69.1 Å². The summed E-state index contributed by atoms with van der Waals surface area (Å²) in [6, 6.07) is 22.6. The molecule has 0 aliphatic carbocycles. The minimum absolute atomic E-state index is 0.660. The van der Waals surface area contributed by atoms with Gasteiger partial charge in [-0.3, -0.25) is 4.57 Å². The standard InChI is InChI=1S/C30H34N4O2/c1-20-15-21(2)29(22(3)16-20)32-28-18-25(24-13-14-26(35-6)27(17-24)36-7)31-30(34(28)5)33(4)19-23-11-9-8-10-12-23/h8-18H,19H2,1-7H3/b32-28-. The maximum Gasteiger partial charge on any atom is 0.207 e. The molecule has 0 radical (unpaired) electrons. The Balaban J connectivity index is 1.92. The van der Waals surface area contributed by atoms with Gasteiger partial charge in [0.1, 0.15) is 5.49 Å². The van der Waals surface area contributed by atoms with E-state index in [-0.39, 0.29) is 0 Å². The average Bonchev–Trinajstić information content (AvgIpc) is 2.87. The van der Waals surface area contributed by atoms with Crippen LogP contribution in [0.25, 0.3) is 11.3 Å². The monoisotopic (exact) mass is 482 g/mol. The minimum atomic E-state index is 0.660. The van der Waals surface area contributed by atoms with Crippen LogP contribution in [0.4, 0.5) is 11.6 Å². The molecule has 0 amide bonds. The van der Waals surface area contributed by atoms with Gasteiger partial charge in [-0.1, -0.05) is 48.0 Å². The van der Waals surface area contributed by atoms with Crippen molar-refractivity contribution in [2.45, 2.75) is 27.3 Å². The maximum atomic E-state index is 5.56. The molecule has 0 spiro atoms. The molecule has 0 fully saturated rings. The topological polar surface area (TPSA) is 51.9 Å². The number of benzene rings is 3. The molecule has 0 N–H and O–H groups in total. The summed E-state index contributed by atoms with van der Waals surface area (Å²) in [5, 5.41) is 0. The van der Waals surface area contributed by atoms with Crippen LogP contribution in [-0.4, -0.2) is 30.8 Å². The zero-order valence-corrected chi connectivity index (χ0v) is 22.2. The van der Waals surface area contributed by atoms with Gasteiger partial charge in [0.25, 0.3) is 0 Å². The predicted molar refractivity (Wildman–Crippen MR) is 146 cm³/mol. The van der Waals surface area contributed by atoms with Crippen LogP contribution in [0.3, 0.4) is 0 Å². The Morgan fingerprint density at radius 2 is 1.53 bits per heavy atom. The lowest BCUT2D eigenvalue weighted by Gasteiger charge is -2.22. The van der Waals surface area contributed by atoms with Crippen molar-refractivity contribution in [3.8, 4) is 22.8 Å². The second kappa shape index (κ2) is 10.7. The van der Waals surface area contributed by atoms with Crippen molar-refractivity contribution >= 4 is 11.6 Å². The van der Waals surface area contributed by atoms with E-state index in [0.29, 0.717) is 11.5 Å². The summed E-state index contributed by atoms with van der Waals surface area (Å²) in [6.45, 7) is 7.05. The van der Waals surface area contributed by atoms with E-state index in [4.69, 9.17) is 19.5 Å². The van der Waals surface area contributed by atoms with E-state index >= 15 is 0 Å². The number of methoxy groups -OCH3 is 2. The molecule has 0 aliphatic rings. The molecule has 36 heavy (non-hydrogen) atoms. The van der Waals surface area contributed by atoms with Crippen LogP contribution in [0, 0.1) is 20.8 Å². The average molecular weight is 483 g/mol. The van der Waals surface area contributed by atoms with Crippen molar-refractivity contribution in [1.82, 2.24) is 9.55 Å². The highest BCUT2D eigenvalue weighted by molar-refractivity contribution is 5.65. The fraction of sp³-hybridized carbons (Fsp3) is 0.267. The van der Waals surface area contributed by atoms with Crippen molar-refractivity contribution < 1.29 is 9.47 Å². The van der Waals surface area contributed by atoms with Gasteiger partial charge < -0.3 is 14.4 Å². The Hall–Kier alpha value is -4.06. The van der Waals surface area contributed by atoms with E-state index in [9.17, 15) is 0 Å². The Morgan fingerprint density at radius 3 is 2.17 bits per heavy atom. The third kappa shape index (κ3) is 5.28. The number of aryl methyl sites for hydroxylation is 3. The third-order valence-electron chi connectivity index (χ3n) is 6.27. The Kier molecular flexibility index (Phi) is 7.44. The quantitative estimate of drug-likeness (QED) is 0.329. The molecule has 0 aliphatic heterocycles. The molecule has 4 aromatic rings. The summed E-state index contributed by atoms with van der Waals surface area (Å²) in [5.41, 5.74) is 8.28. The molecule has 1 aromatic heterocycles. The summed E-state index contributed by atoms with van der Waals surface area (Å²) in [5.74, 6) is 2.15. The van der Waals surface area contributed by atoms with E-state index in [1.165, 1.54) is 11.1 Å². The number of aromatic nitrogens is 2. The molecule has 4 rings (SSSR count). The number of hydrogen-bond acceptors (Lipinski definition) is 5. The van der Waals surface area contributed by atoms with Gasteiger partial charge >= 0.3 is 0 Å². The number of rotatable bonds is 7. The molecule has 0 bridgehead atoms. The fourth-order valence-electron chi connectivity index (χ4n) is 4.52. The zero-order chi connectivity index (χ0) is 25.8. The van der Waals surface area contributed by atoms with Crippen LogP contribution in [0.2, 0.25) is 0 Å². The van der Waals surface area contributed by atoms with E-state index in [0.717, 1.165) is 46.1 Å². The van der Waals surface area contributed by atoms with Crippen LogP contribution in [0.5, 0.6) is 11.5 Å². The van der Waals surface area contributed by atoms with Crippen LogP contribution < -0.4 is 19.9 Å². The highest BCUT2D eigenvalue weighted by Crippen LogP contribution is 2.32. The SMILES string of the molecule is COc1ccc(-c2c/c(=N/c3c(C)cc(C)cc3C)n(C)c(N(C)Cc3ccccc3)n2)cc1OC. The van der Waals surface area contributed by atoms with Crippen molar-refractivity contribution in [1.29, 1.82) is 0 Å². The highest BCUT2D eigenvalue weighted by atomic mass is 16.5. The summed E-state index contributed by atoms with van der Waals surface area (Å²) < 4.78 is 13.0. The molecular weight excluding hydrogens is 448 g/mol. The second-order valence-electron chi connectivity index (χ2n) is 9.13.